The Bertz CT molecular complexity index is 741. The van der Waals surface area contributed by atoms with Crippen LogP contribution in [0, 0.1) is 12.8 Å². The Labute approximate surface area is 166 Å². The molecule has 3 rings (SSSR count). The van der Waals surface area contributed by atoms with E-state index in [0.29, 0.717) is 5.92 Å². The first kappa shape index (κ1) is 19.9. The molecule has 7 heteroatoms. The van der Waals surface area contributed by atoms with E-state index >= 15 is 0 Å². The van der Waals surface area contributed by atoms with Gasteiger partial charge in [-0.1, -0.05) is 0 Å². The van der Waals surface area contributed by atoms with Crippen LogP contribution in [0.2, 0.25) is 0 Å². The van der Waals surface area contributed by atoms with Crippen molar-refractivity contribution in [3.05, 3.63) is 40.1 Å². The topological polar surface area (TPSA) is 48.7 Å². The maximum atomic E-state index is 4.59. The average molecular weight is 389 g/mol. The van der Waals surface area contributed by atoms with Crippen molar-refractivity contribution >= 4 is 17.3 Å². The Kier molecular flexibility index (Phi) is 6.90. The number of likely N-dealkylation sites (tertiary alicyclic amines) is 1. The molecule has 0 bridgehead atoms. The molecule has 6 nitrogen and oxygen atoms in total. The van der Waals surface area contributed by atoms with Gasteiger partial charge in [-0.15, -0.1) is 11.3 Å². The fourth-order valence-electron chi connectivity index (χ4n) is 3.66. The first-order valence-electron chi connectivity index (χ1n) is 9.70. The molecule has 0 aliphatic carbocycles. The lowest BCUT2D eigenvalue weighted by Crippen LogP contribution is -2.43. The second-order valence-electron chi connectivity index (χ2n) is 7.47. The lowest BCUT2D eigenvalue weighted by atomic mass is 9.97. The van der Waals surface area contributed by atoms with Crippen molar-refractivity contribution in [2.75, 3.05) is 33.7 Å². The van der Waals surface area contributed by atoms with Crippen LogP contribution in [0.4, 0.5) is 0 Å². The lowest BCUT2D eigenvalue weighted by molar-refractivity contribution is 0.176. The summed E-state index contributed by atoms with van der Waals surface area (Å²) in [5.41, 5.74) is 2.50. The summed E-state index contributed by atoms with van der Waals surface area (Å²) in [6, 6.07) is 4.24. The highest BCUT2D eigenvalue weighted by Crippen LogP contribution is 2.19. The molecule has 27 heavy (non-hydrogen) atoms. The summed E-state index contributed by atoms with van der Waals surface area (Å²) in [4.78, 5) is 13.8. The number of aromatic nitrogens is 2. The maximum Gasteiger partial charge on any atom is 0.193 e. The number of rotatable bonds is 6. The van der Waals surface area contributed by atoms with Gasteiger partial charge in [0.2, 0.25) is 0 Å². The number of hydrogen-bond acceptors (Lipinski definition) is 4. The normalized spacial score (nSPS) is 16.7. The van der Waals surface area contributed by atoms with Crippen LogP contribution < -0.4 is 5.32 Å². The second-order valence-corrected chi connectivity index (χ2v) is 8.53. The molecule has 0 spiro atoms. The molecule has 148 valence electrons. The SMILES string of the molecule is CN=C(NCC1CCN(Cc2csc(C)n2)CC1)N(C)Cc1cccn1C. The number of thiazole rings is 1. The van der Waals surface area contributed by atoms with Crippen LogP contribution in [0.15, 0.2) is 28.7 Å². The van der Waals surface area contributed by atoms with Crippen molar-refractivity contribution < 1.29 is 0 Å². The van der Waals surface area contributed by atoms with Crippen molar-refractivity contribution in [2.24, 2.45) is 18.0 Å². The largest absolute Gasteiger partial charge is 0.356 e. The van der Waals surface area contributed by atoms with Crippen LogP contribution >= 0.6 is 11.3 Å². The zero-order valence-corrected chi connectivity index (χ0v) is 17.8. The molecule has 0 amide bonds. The molecule has 0 atom stereocenters. The van der Waals surface area contributed by atoms with Gasteiger partial charge in [0, 0.05) is 51.5 Å². The zero-order chi connectivity index (χ0) is 19.2. The van der Waals surface area contributed by atoms with Gasteiger partial charge >= 0.3 is 0 Å². The number of nitrogens with zero attached hydrogens (tertiary/aromatic N) is 5. The number of piperidine rings is 1. The summed E-state index contributed by atoms with van der Waals surface area (Å²) in [6.07, 6.45) is 4.54. The van der Waals surface area contributed by atoms with E-state index in [1.165, 1.54) is 24.2 Å². The van der Waals surface area contributed by atoms with E-state index in [1.54, 1.807) is 11.3 Å². The van der Waals surface area contributed by atoms with E-state index in [1.807, 2.05) is 7.05 Å². The molecule has 2 aromatic rings. The van der Waals surface area contributed by atoms with Gasteiger partial charge in [-0.25, -0.2) is 4.98 Å². The molecule has 0 unspecified atom stereocenters. The van der Waals surface area contributed by atoms with E-state index < -0.39 is 0 Å². The van der Waals surface area contributed by atoms with Crippen LogP contribution in [-0.2, 0) is 20.1 Å². The van der Waals surface area contributed by atoms with E-state index in [4.69, 9.17) is 0 Å². The smallest absolute Gasteiger partial charge is 0.193 e. The monoisotopic (exact) mass is 388 g/mol. The summed E-state index contributed by atoms with van der Waals surface area (Å²) in [7, 11) is 6.04. The van der Waals surface area contributed by atoms with Crippen molar-refractivity contribution in [2.45, 2.75) is 32.9 Å². The molecule has 0 radical (unpaired) electrons. The first-order valence-corrected chi connectivity index (χ1v) is 10.6. The number of aryl methyl sites for hydroxylation is 2. The minimum absolute atomic E-state index is 0.707. The molecule has 1 N–H and O–H groups in total. The summed E-state index contributed by atoms with van der Waals surface area (Å²) < 4.78 is 2.16. The molecule has 0 aromatic carbocycles. The third-order valence-corrected chi connectivity index (χ3v) is 6.15. The highest BCUT2D eigenvalue weighted by atomic mass is 32.1. The number of hydrogen-bond donors (Lipinski definition) is 1. The third-order valence-electron chi connectivity index (χ3n) is 5.33. The zero-order valence-electron chi connectivity index (χ0n) is 17.0. The van der Waals surface area contributed by atoms with E-state index in [0.717, 1.165) is 43.7 Å². The molecule has 0 saturated carbocycles. The summed E-state index contributed by atoms with van der Waals surface area (Å²) in [6.45, 7) is 7.23. The molecular weight excluding hydrogens is 356 g/mol. The fraction of sp³-hybridized carbons (Fsp3) is 0.600. The fourth-order valence-corrected chi connectivity index (χ4v) is 4.26. The Hall–Kier alpha value is -1.86. The van der Waals surface area contributed by atoms with Gasteiger partial charge < -0.3 is 14.8 Å². The summed E-state index contributed by atoms with van der Waals surface area (Å²) >= 11 is 1.74. The van der Waals surface area contributed by atoms with Crippen LogP contribution in [0.25, 0.3) is 0 Å². The van der Waals surface area contributed by atoms with Gasteiger partial charge in [0.15, 0.2) is 5.96 Å². The molecule has 2 aromatic heterocycles. The van der Waals surface area contributed by atoms with Crippen LogP contribution in [-0.4, -0.2) is 59.0 Å². The van der Waals surface area contributed by atoms with Crippen LogP contribution in [0.1, 0.15) is 29.2 Å². The van der Waals surface area contributed by atoms with Gasteiger partial charge in [0.1, 0.15) is 0 Å². The van der Waals surface area contributed by atoms with Crippen molar-refractivity contribution in [1.82, 2.24) is 24.7 Å². The minimum Gasteiger partial charge on any atom is -0.356 e. The van der Waals surface area contributed by atoms with Crippen molar-refractivity contribution in [3.63, 3.8) is 0 Å². The lowest BCUT2D eigenvalue weighted by Gasteiger charge is -2.32. The van der Waals surface area contributed by atoms with E-state index in [-0.39, 0.29) is 0 Å². The average Bonchev–Trinajstić information content (AvgIpc) is 3.25. The van der Waals surface area contributed by atoms with Crippen molar-refractivity contribution in [3.8, 4) is 0 Å². The predicted molar refractivity (Wildman–Crippen MR) is 113 cm³/mol. The molecule has 1 fully saturated rings. The Morgan fingerprint density at radius 1 is 1.41 bits per heavy atom. The van der Waals surface area contributed by atoms with Gasteiger partial charge in [-0.3, -0.25) is 9.89 Å². The summed E-state index contributed by atoms with van der Waals surface area (Å²) in [5, 5.41) is 6.93. The molecule has 3 heterocycles. The molecule has 1 aliphatic rings. The molecular formula is C20H32N6S. The molecule has 1 saturated heterocycles. The highest BCUT2D eigenvalue weighted by molar-refractivity contribution is 7.09. The quantitative estimate of drug-likeness (QED) is 0.611. The Balaban J connectivity index is 1.41. The second kappa shape index (κ2) is 9.37. The van der Waals surface area contributed by atoms with Crippen molar-refractivity contribution in [1.29, 1.82) is 0 Å². The molecule has 1 aliphatic heterocycles. The van der Waals surface area contributed by atoms with Gasteiger partial charge in [0.25, 0.3) is 0 Å². The van der Waals surface area contributed by atoms with E-state index in [2.05, 4.69) is 74.4 Å². The number of guanidine groups is 1. The highest BCUT2D eigenvalue weighted by Gasteiger charge is 2.20. The predicted octanol–water partition coefficient (Wildman–Crippen LogP) is 2.71. The van der Waals surface area contributed by atoms with Gasteiger partial charge in [-0.05, 0) is 50.9 Å². The summed E-state index contributed by atoms with van der Waals surface area (Å²) in [5.74, 6) is 1.68. The Morgan fingerprint density at radius 3 is 2.78 bits per heavy atom. The number of nitrogens with one attached hydrogen (secondary N) is 1. The van der Waals surface area contributed by atoms with E-state index in [9.17, 15) is 0 Å². The van der Waals surface area contributed by atoms with Gasteiger partial charge in [0.05, 0.1) is 17.2 Å². The standard InChI is InChI=1S/C20H32N6S/c1-16-23-18(15-27-16)13-26-10-7-17(8-11-26)12-22-20(21-2)25(4)14-19-6-5-9-24(19)3/h5-6,9,15,17H,7-8,10-14H2,1-4H3,(H,21,22). The first-order chi connectivity index (χ1) is 13.0. The van der Waals surface area contributed by atoms with Gasteiger partial charge in [-0.2, -0.15) is 0 Å². The Morgan fingerprint density at radius 2 is 2.19 bits per heavy atom. The van der Waals surface area contributed by atoms with Crippen LogP contribution in [0.3, 0.4) is 0 Å². The minimum atomic E-state index is 0.707. The number of aliphatic imine (C=N–C) groups is 1. The van der Waals surface area contributed by atoms with Crippen LogP contribution in [0.5, 0.6) is 0 Å². The maximum absolute atomic E-state index is 4.59. The third kappa shape index (κ3) is 5.56.